The van der Waals surface area contributed by atoms with Gasteiger partial charge in [-0.3, -0.25) is 0 Å². The fraction of sp³-hybridized carbons (Fsp3) is 0.778. The average molecular weight is 219 g/mol. The first-order valence-electron chi connectivity index (χ1n) is 4.37. The van der Waals surface area contributed by atoms with Crippen molar-refractivity contribution in [3.8, 4) is 0 Å². The number of hydrogen-bond acceptors (Lipinski definition) is 1. The molecule has 0 saturated carbocycles. The zero-order valence-corrected chi connectivity index (χ0v) is 8.36. The molecule has 0 atom stereocenters. The summed E-state index contributed by atoms with van der Waals surface area (Å²) in [6.07, 6.45) is 8.14. The SMILES string of the molecule is O/C1=C(\Br)CCCCCCC1. The van der Waals surface area contributed by atoms with Crippen LogP contribution < -0.4 is 0 Å². The highest BCUT2D eigenvalue weighted by molar-refractivity contribution is 9.11. The van der Waals surface area contributed by atoms with Crippen LogP contribution in [0.25, 0.3) is 0 Å². The van der Waals surface area contributed by atoms with Gasteiger partial charge in [0.15, 0.2) is 0 Å². The Labute approximate surface area is 76.6 Å². The van der Waals surface area contributed by atoms with E-state index < -0.39 is 0 Å². The van der Waals surface area contributed by atoms with Crippen LogP contribution in [0.2, 0.25) is 0 Å². The van der Waals surface area contributed by atoms with Crippen molar-refractivity contribution in [2.24, 2.45) is 0 Å². The number of rotatable bonds is 0. The topological polar surface area (TPSA) is 20.2 Å². The van der Waals surface area contributed by atoms with Crippen LogP contribution in [0.4, 0.5) is 0 Å². The molecule has 0 aromatic rings. The second-order valence-corrected chi connectivity index (χ2v) is 4.08. The molecule has 0 radical (unpaired) electrons. The van der Waals surface area contributed by atoms with Crippen LogP contribution in [-0.4, -0.2) is 5.11 Å². The fourth-order valence-electron chi connectivity index (χ4n) is 1.38. The van der Waals surface area contributed by atoms with Gasteiger partial charge in [-0.2, -0.15) is 0 Å². The van der Waals surface area contributed by atoms with Gasteiger partial charge in [-0.25, -0.2) is 0 Å². The Bertz CT molecular complexity index is 136. The van der Waals surface area contributed by atoms with E-state index in [2.05, 4.69) is 15.9 Å². The quantitative estimate of drug-likeness (QED) is 0.655. The van der Waals surface area contributed by atoms with Crippen molar-refractivity contribution < 1.29 is 5.11 Å². The summed E-state index contributed by atoms with van der Waals surface area (Å²) in [6, 6.07) is 0. The molecule has 0 unspecified atom stereocenters. The largest absolute Gasteiger partial charge is 0.511 e. The third-order valence-corrected chi connectivity index (χ3v) is 2.98. The lowest BCUT2D eigenvalue weighted by molar-refractivity contribution is 0.379. The minimum atomic E-state index is 0.576. The molecule has 0 heterocycles. The average Bonchev–Trinajstić information content (AvgIpc) is 2.07. The summed E-state index contributed by atoms with van der Waals surface area (Å²) >= 11 is 3.40. The van der Waals surface area contributed by atoms with E-state index in [0.29, 0.717) is 5.76 Å². The van der Waals surface area contributed by atoms with Crippen LogP contribution in [0.3, 0.4) is 0 Å². The second-order valence-electron chi connectivity index (χ2n) is 3.12. The Hall–Kier alpha value is 0.0200. The maximum absolute atomic E-state index is 9.44. The predicted octanol–water partition coefficient (Wildman–Crippen LogP) is 3.90. The first kappa shape index (κ1) is 9.11. The standard InChI is InChI=1S/C9H15BrO/c10-8-6-4-2-1-3-5-7-9(8)11/h11H,1-7H2/b9-8-. The molecule has 0 fully saturated rings. The molecule has 1 nitrogen and oxygen atoms in total. The summed E-state index contributed by atoms with van der Waals surface area (Å²) in [6.45, 7) is 0. The highest BCUT2D eigenvalue weighted by Crippen LogP contribution is 2.24. The van der Waals surface area contributed by atoms with Gasteiger partial charge in [0.05, 0.1) is 0 Å². The van der Waals surface area contributed by atoms with E-state index in [4.69, 9.17) is 0 Å². The smallest absolute Gasteiger partial charge is 0.102 e. The first-order valence-corrected chi connectivity index (χ1v) is 5.16. The predicted molar refractivity (Wildman–Crippen MR) is 50.9 cm³/mol. The van der Waals surface area contributed by atoms with E-state index in [1.165, 1.54) is 25.7 Å². The molecule has 1 aliphatic carbocycles. The molecule has 0 aliphatic heterocycles. The van der Waals surface area contributed by atoms with E-state index in [1.54, 1.807) is 0 Å². The molecule has 1 aliphatic rings. The van der Waals surface area contributed by atoms with Crippen LogP contribution in [0.1, 0.15) is 44.9 Å². The maximum atomic E-state index is 9.44. The van der Waals surface area contributed by atoms with Crippen molar-refractivity contribution in [2.45, 2.75) is 44.9 Å². The van der Waals surface area contributed by atoms with Crippen LogP contribution in [0.15, 0.2) is 10.2 Å². The summed E-state index contributed by atoms with van der Waals surface area (Å²) in [5, 5.41) is 9.44. The molecule has 11 heavy (non-hydrogen) atoms. The summed E-state index contributed by atoms with van der Waals surface area (Å²) < 4.78 is 1.03. The van der Waals surface area contributed by atoms with Gasteiger partial charge in [0.25, 0.3) is 0 Å². The van der Waals surface area contributed by atoms with Gasteiger partial charge in [0.2, 0.25) is 0 Å². The van der Waals surface area contributed by atoms with Crippen molar-refractivity contribution in [1.82, 2.24) is 0 Å². The summed E-state index contributed by atoms with van der Waals surface area (Å²) in [7, 11) is 0. The van der Waals surface area contributed by atoms with Gasteiger partial charge in [0, 0.05) is 10.9 Å². The number of aliphatic hydroxyl groups is 1. The summed E-state index contributed by atoms with van der Waals surface area (Å²) in [4.78, 5) is 0. The number of aliphatic hydroxyl groups excluding tert-OH is 1. The molecule has 0 bridgehead atoms. The number of hydrogen-bond donors (Lipinski definition) is 1. The number of allylic oxidation sites excluding steroid dienone is 2. The maximum Gasteiger partial charge on any atom is 0.102 e. The van der Waals surface area contributed by atoms with Crippen molar-refractivity contribution >= 4 is 15.9 Å². The molecule has 0 aromatic heterocycles. The summed E-state index contributed by atoms with van der Waals surface area (Å²) in [5.74, 6) is 0.576. The van der Waals surface area contributed by atoms with Crippen LogP contribution in [0.5, 0.6) is 0 Å². The highest BCUT2D eigenvalue weighted by atomic mass is 79.9. The zero-order chi connectivity index (χ0) is 8.10. The zero-order valence-electron chi connectivity index (χ0n) is 6.77. The minimum absolute atomic E-state index is 0.576. The van der Waals surface area contributed by atoms with Gasteiger partial charge in [-0.15, -0.1) is 0 Å². The van der Waals surface area contributed by atoms with Crippen molar-refractivity contribution in [3.63, 3.8) is 0 Å². The van der Waals surface area contributed by atoms with Crippen LogP contribution in [-0.2, 0) is 0 Å². The molecular weight excluding hydrogens is 204 g/mol. The van der Waals surface area contributed by atoms with Gasteiger partial charge in [-0.1, -0.05) is 35.2 Å². The van der Waals surface area contributed by atoms with E-state index in [9.17, 15) is 5.11 Å². The molecule has 0 amide bonds. The Morgan fingerprint density at radius 1 is 0.909 bits per heavy atom. The van der Waals surface area contributed by atoms with Crippen LogP contribution >= 0.6 is 15.9 Å². The monoisotopic (exact) mass is 218 g/mol. The van der Waals surface area contributed by atoms with Crippen molar-refractivity contribution in [1.29, 1.82) is 0 Å². The van der Waals surface area contributed by atoms with Crippen LogP contribution in [0, 0.1) is 0 Å². The highest BCUT2D eigenvalue weighted by Gasteiger charge is 2.04. The van der Waals surface area contributed by atoms with Crippen molar-refractivity contribution in [2.75, 3.05) is 0 Å². The molecule has 64 valence electrons. The number of halogens is 1. The Balaban J connectivity index is 2.47. The van der Waals surface area contributed by atoms with Crippen molar-refractivity contribution in [3.05, 3.63) is 10.2 Å². The molecular formula is C9H15BrO. The first-order chi connectivity index (χ1) is 5.30. The van der Waals surface area contributed by atoms with Gasteiger partial charge in [0.1, 0.15) is 5.76 Å². The van der Waals surface area contributed by atoms with Gasteiger partial charge < -0.3 is 5.11 Å². The Morgan fingerprint density at radius 2 is 1.45 bits per heavy atom. The van der Waals surface area contributed by atoms with E-state index in [1.807, 2.05) is 0 Å². The van der Waals surface area contributed by atoms with Gasteiger partial charge >= 0.3 is 0 Å². The minimum Gasteiger partial charge on any atom is -0.511 e. The molecule has 1 N–H and O–H groups in total. The van der Waals surface area contributed by atoms with E-state index >= 15 is 0 Å². The normalized spacial score (nSPS) is 28.8. The Kier molecular flexibility index (Phi) is 3.98. The third-order valence-electron chi connectivity index (χ3n) is 2.12. The molecule has 0 spiro atoms. The van der Waals surface area contributed by atoms with Gasteiger partial charge in [-0.05, 0) is 19.3 Å². The lowest BCUT2D eigenvalue weighted by Crippen LogP contribution is -1.84. The van der Waals surface area contributed by atoms with E-state index in [-0.39, 0.29) is 0 Å². The lowest BCUT2D eigenvalue weighted by Gasteiger charge is -2.00. The molecule has 0 saturated heterocycles. The molecule has 0 aromatic carbocycles. The fourth-order valence-corrected chi connectivity index (χ4v) is 1.86. The summed E-state index contributed by atoms with van der Waals surface area (Å²) in [5.41, 5.74) is 0. The third kappa shape index (κ3) is 3.28. The molecule has 1 rings (SSSR count). The second kappa shape index (κ2) is 4.81. The Morgan fingerprint density at radius 3 is 2.18 bits per heavy atom. The van der Waals surface area contributed by atoms with E-state index in [0.717, 1.165) is 23.7 Å². The lowest BCUT2D eigenvalue weighted by atomic mass is 10.1. The molecule has 2 heteroatoms.